The van der Waals surface area contributed by atoms with E-state index in [4.69, 9.17) is 0 Å². The molecule has 25 heavy (non-hydrogen) atoms. The molecule has 1 aliphatic heterocycles. The molecule has 0 radical (unpaired) electrons. The summed E-state index contributed by atoms with van der Waals surface area (Å²) in [6.07, 6.45) is 2.16. The second-order valence-corrected chi connectivity index (χ2v) is 9.34. The van der Waals surface area contributed by atoms with Gasteiger partial charge in [-0.1, -0.05) is 26.8 Å². The molecule has 1 N–H and O–H groups in total. The standard InChI is InChI=1S/C17H28N4O3S/c1-17(2,3)16(22)19-9-6-14-25(23,24)21-12-10-20(11-13-21)15-7-4-5-8-18-15/h4-5,7-8H,6,9-14H2,1-3H3,(H,19,22). The number of carbonyl (C=O) groups is 1. The summed E-state index contributed by atoms with van der Waals surface area (Å²) < 4.78 is 26.4. The third-order valence-corrected chi connectivity index (χ3v) is 6.11. The maximum atomic E-state index is 12.4. The Labute approximate surface area is 150 Å². The fraction of sp³-hybridized carbons (Fsp3) is 0.647. The fourth-order valence-electron chi connectivity index (χ4n) is 2.59. The summed E-state index contributed by atoms with van der Waals surface area (Å²) in [5.41, 5.74) is -0.458. The molecule has 0 spiro atoms. The molecule has 2 rings (SSSR count). The monoisotopic (exact) mass is 368 g/mol. The Morgan fingerprint density at radius 3 is 2.44 bits per heavy atom. The van der Waals surface area contributed by atoms with Crippen molar-refractivity contribution in [3.8, 4) is 0 Å². The minimum Gasteiger partial charge on any atom is -0.356 e. The van der Waals surface area contributed by atoms with Gasteiger partial charge in [0.15, 0.2) is 0 Å². The third kappa shape index (κ3) is 5.67. The molecular formula is C17H28N4O3S. The number of pyridine rings is 1. The van der Waals surface area contributed by atoms with Crippen LogP contribution in [0.4, 0.5) is 5.82 Å². The summed E-state index contributed by atoms with van der Waals surface area (Å²) in [5, 5.41) is 2.79. The number of hydrogen-bond donors (Lipinski definition) is 1. The zero-order chi connectivity index (χ0) is 18.5. The van der Waals surface area contributed by atoms with Crippen molar-refractivity contribution in [3.63, 3.8) is 0 Å². The fourth-order valence-corrected chi connectivity index (χ4v) is 4.07. The van der Waals surface area contributed by atoms with Crippen LogP contribution in [0, 0.1) is 5.41 Å². The van der Waals surface area contributed by atoms with Gasteiger partial charge in [0.2, 0.25) is 15.9 Å². The third-order valence-electron chi connectivity index (χ3n) is 4.15. The van der Waals surface area contributed by atoms with E-state index in [1.807, 2.05) is 39.0 Å². The molecule has 0 aliphatic carbocycles. The van der Waals surface area contributed by atoms with Crippen LogP contribution in [0.5, 0.6) is 0 Å². The summed E-state index contributed by atoms with van der Waals surface area (Å²) in [4.78, 5) is 18.2. The maximum absolute atomic E-state index is 12.4. The van der Waals surface area contributed by atoms with Gasteiger partial charge in [-0.2, -0.15) is 4.31 Å². The Morgan fingerprint density at radius 2 is 1.88 bits per heavy atom. The van der Waals surface area contributed by atoms with Gasteiger partial charge < -0.3 is 10.2 Å². The molecule has 0 saturated carbocycles. The van der Waals surface area contributed by atoms with Gasteiger partial charge >= 0.3 is 0 Å². The van der Waals surface area contributed by atoms with E-state index in [2.05, 4.69) is 15.2 Å². The van der Waals surface area contributed by atoms with Crippen LogP contribution in [-0.2, 0) is 14.8 Å². The molecule has 1 fully saturated rings. The van der Waals surface area contributed by atoms with Crippen LogP contribution in [0.15, 0.2) is 24.4 Å². The van der Waals surface area contributed by atoms with Gasteiger partial charge in [0, 0.05) is 44.3 Å². The van der Waals surface area contributed by atoms with E-state index in [-0.39, 0.29) is 11.7 Å². The van der Waals surface area contributed by atoms with E-state index in [0.29, 0.717) is 39.1 Å². The predicted molar refractivity (Wildman–Crippen MR) is 98.9 cm³/mol. The number of carbonyl (C=O) groups excluding carboxylic acids is 1. The van der Waals surface area contributed by atoms with Crippen LogP contribution in [0.2, 0.25) is 0 Å². The zero-order valence-electron chi connectivity index (χ0n) is 15.2. The van der Waals surface area contributed by atoms with E-state index in [1.165, 1.54) is 4.31 Å². The largest absolute Gasteiger partial charge is 0.356 e. The number of anilines is 1. The topological polar surface area (TPSA) is 82.6 Å². The van der Waals surface area contributed by atoms with Crippen molar-refractivity contribution < 1.29 is 13.2 Å². The van der Waals surface area contributed by atoms with E-state index < -0.39 is 15.4 Å². The lowest BCUT2D eigenvalue weighted by Gasteiger charge is -2.34. The summed E-state index contributed by atoms with van der Waals surface area (Å²) in [5.74, 6) is 0.874. The lowest BCUT2D eigenvalue weighted by molar-refractivity contribution is -0.128. The van der Waals surface area contributed by atoms with Gasteiger partial charge in [-0.05, 0) is 18.6 Å². The molecule has 8 heteroatoms. The molecule has 140 valence electrons. The first kappa shape index (κ1) is 19.7. The summed E-state index contributed by atoms with van der Waals surface area (Å²) in [7, 11) is -3.29. The van der Waals surface area contributed by atoms with E-state index in [9.17, 15) is 13.2 Å². The molecule has 1 saturated heterocycles. The van der Waals surface area contributed by atoms with Gasteiger partial charge in [0.1, 0.15) is 5.82 Å². The number of aromatic nitrogens is 1. The molecule has 0 aromatic carbocycles. The SMILES string of the molecule is CC(C)(C)C(=O)NCCCS(=O)(=O)N1CCN(c2ccccn2)CC1. The van der Waals surface area contributed by atoms with Crippen LogP contribution in [0.25, 0.3) is 0 Å². The highest BCUT2D eigenvalue weighted by molar-refractivity contribution is 7.89. The first-order valence-electron chi connectivity index (χ1n) is 8.62. The highest BCUT2D eigenvalue weighted by Gasteiger charge is 2.27. The van der Waals surface area contributed by atoms with Gasteiger partial charge in [-0.25, -0.2) is 13.4 Å². The predicted octanol–water partition coefficient (Wildman–Crippen LogP) is 1.09. The highest BCUT2D eigenvalue weighted by Crippen LogP contribution is 2.15. The maximum Gasteiger partial charge on any atom is 0.225 e. The van der Waals surface area contributed by atoms with Gasteiger partial charge in [-0.3, -0.25) is 4.79 Å². The Morgan fingerprint density at radius 1 is 1.20 bits per heavy atom. The molecule has 0 atom stereocenters. The van der Waals surface area contributed by atoms with Gasteiger partial charge in [-0.15, -0.1) is 0 Å². The van der Waals surface area contributed by atoms with Crippen molar-refractivity contribution in [2.75, 3.05) is 43.4 Å². The Hall–Kier alpha value is -1.67. The normalized spacial score (nSPS) is 16.7. The molecule has 1 amide bonds. The average molecular weight is 369 g/mol. The molecule has 0 bridgehead atoms. The minimum atomic E-state index is -3.29. The quantitative estimate of drug-likeness (QED) is 0.760. The molecule has 1 aliphatic rings. The van der Waals surface area contributed by atoms with Crippen molar-refractivity contribution in [2.45, 2.75) is 27.2 Å². The Balaban J connectivity index is 1.77. The first-order valence-corrected chi connectivity index (χ1v) is 10.2. The van der Waals surface area contributed by atoms with E-state index >= 15 is 0 Å². The minimum absolute atomic E-state index is 0.0566. The van der Waals surface area contributed by atoms with E-state index in [1.54, 1.807) is 6.20 Å². The smallest absolute Gasteiger partial charge is 0.225 e. The van der Waals surface area contributed by atoms with Crippen molar-refractivity contribution in [3.05, 3.63) is 24.4 Å². The number of piperazine rings is 1. The number of sulfonamides is 1. The molecule has 1 aromatic heterocycles. The van der Waals surface area contributed by atoms with Crippen LogP contribution < -0.4 is 10.2 Å². The van der Waals surface area contributed by atoms with Crippen LogP contribution >= 0.6 is 0 Å². The first-order chi connectivity index (χ1) is 11.7. The van der Waals surface area contributed by atoms with Crippen molar-refractivity contribution in [2.24, 2.45) is 5.41 Å². The molecule has 7 nitrogen and oxygen atoms in total. The van der Waals surface area contributed by atoms with Crippen molar-refractivity contribution in [1.82, 2.24) is 14.6 Å². The molecule has 0 unspecified atom stereocenters. The van der Waals surface area contributed by atoms with Crippen molar-refractivity contribution in [1.29, 1.82) is 0 Å². The van der Waals surface area contributed by atoms with Crippen molar-refractivity contribution >= 4 is 21.7 Å². The summed E-state index contributed by atoms with van der Waals surface area (Å²) >= 11 is 0. The lowest BCUT2D eigenvalue weighted by Crippen LogP contribution is -2.49. The zero-order valence-corrected chi connectivity index (χ0v) is 16.1. The summed E-state index contributed by atoms with van der Waals surface area (Å²) in [6, 6.07) is 5.72. The number of amides is 1. The van der Waals surface area contributed by atoms with Crippen LogP contribution in [0.1, 0.15) is 27.2 Å². The molecule has 2 heterocycles. The Kier molecular flexibility index (Phi) is 6.40. The highest BCUT2D eigenvalue weighted by atomic mass is 32.2. The van der Waals surface area contributed by atoms with Crippen LogP contribution in [-0.4, -0.2) is 62.1 Å². The number of hydrogen-bond acceptors (Lipinski definition) is 5. The van der Waals surface area contributed by atoms with Gasteiger partial charge in [0.05, 0.1) is 5.75 Å². The average Bonchev–Trinajstić information content (AvgIpc) is 2.58. The molecule has 1 aromatic rings. The summed E-state index contributed by atoms with van der Waals surface area (Å²) in [6.45, 7) is 8.08. The van der Waals surface area contributed by atoms with E-state index in [0.717, 1.165) is 5.82 Å². The second kappa shape index (κ2) is 8.14. The molecular weight excluding hydrogens is 340 g/mol. The number of nitrogens with zero attached hydrogens (tertiary/aromatic N) is 3. The number of rotatable bonds is 6. The number of nitrogens with one attached hydrogen (secondary N) is 1. The van der Waals surface area contributed by atoms with Crippen LogP contribution in [0.3, 0.4) is 0 Å². The van der Waals surface area contributed by atoms with Gasteiger partial charge in [0.25, 0.3) is 0 Å². The Bertz CT molecular complexity index is 663. The second-order valence-electron chi connectivity index (χ2n) is 7.25. The lowest BCUT2D eigenvalue weighted by atomic mass is 9.96.